The van der Waals surface area contributed by atoms with E-state index in [4.69, 9.17) is 0 Å². The van der Waals surface area contributed by atoms with Crippen molar-refractivity contribution in [2.75, 3.05) is 24.3 Å². The van der Waals surface area contributed by atoms with E-state index in [1.807, 2.05) is 66.1 Å². The summed E-state index contributed by atoms with van der Waals surface area (Å²) in [5, 5.41) is 2.90. The number of imidazole rings is 1. The van der Waals surface area contributed by atoms with Crippen LogP contribution < -0.4 is 10.2 Å². The summed E-state index contributed by atoms with van der Waals surface area (Å²) in [6.07, 6.45) is 5.41. The van der Waals surface area contributed by atoms with Gasteiger partial charge in [-0.25, -0.2) is 4.98 Å². The van der Waals surface area contributed by atoms with E-state index >= 15 is 0 Å². The van der Waals surface area contributed by atoms with E-state index in [1.54, 1.807) is 12.3 Å². The third-order valence-corrected chi connectivity index (χ3v) is 3.27. The maximum atomic E-state index is 12.3. The molecule has 3 aromatic rings. The summed E-state index contributed by atoms with van der Waals surface area (Å²) < 4.78 is 1.87. The van der Waals surface area contributed by atoms with Gasteiger partial charge in [0, 0.05) is 43.9 Å². The quantitative estimate of drug-likeness (QED) is 0.802. The lowest BCUT2D eigenvalue weighted by molar-refractivity contribution is 0.102. The highest BCUT2D eigenvalue weighted by atomic mass is 16.1. The number of rotatable bonds is 3. The average Bonchev–Trinajstić information content (AvgIpc) is 2.95. The molecule has 1 N–H and O–H groups in total. The predicted octanol–water partition coefficient (Wildman–Crippen LogP) is 2.65. The fraction of sp³-hybridized carbons (Fsp3) is 0.125. The van der Waals surface area contributed by atoms with Crippen LogP contribution in [0.5, 0.6) is 0 Å². The number of anilines is 2. The molecule has 2 aromatic heterocycles. The monoisotopic (exact) mass is 280 g/mol. The molecule has 0 saturated carbocycles. The van der Waals surface area contributed by atoms with Crippen LogP contribution in [0.3, 0.4) is 0 Å². The number of nitrogens with zero attached hydrogens (tertiary/aromatic N) is 3. The molecule has 1 amide bonds. The summed E-state index contributed by atoms with van der Waals surface area (Å²) >= 11 is 0. The maximum Gasteiger partial charge on any atom is 0.255 e. The molecule has 0 spiro atoms. The summed E-state index contributed by atoms with van der Waals surface area (Å²) in [5.41, 5.74) is 3.21. The van der Waals surface area contributed by atoms with Gasteiger partial charge in [0.25, 0.3) is 5.91 Å². The van der Waals surface area contributed by atoms with Gasteiger partial charge in [-0.05, 0) is 30.3 Å². The van der Waals surface area contributed by atoms with Gasteiger partial charge >= 0.3 is 0 Å². The van der Waals surface area contributed by atoms with Crippen molar-refractivity contribution in [3.05, 3.63) is 60.6 Å². The Morgan fingerprint density at radius 3 is 2.90 bits per heavy atom. The summed E-state index contributed by atoms with van der Waals surface area (Å²) in [6, 6.07) is 11.2. The molecule has 21 heavy (non-hydrogen) atoms. The highest BCUT2D eigenvalue weighted by Gasteiger charge is 2.08. The van der Waals surface area contributed by atoms with Gasteiger partial charge in [0.15, 0.2) is 0 Å². The first-order valence-electron chi connectivity index (χ1n) is 6.65. The van der Waals surface area contributed by atoms with Crippen LogP contribution in [-0.4, -0.2) is 29.4 Å². The van der Waals surface area contributed by atoms with Gasteiger partial charge in [-0.1, -0.05) is 6.07 Å². The number of hydrogen-bond donors (Lipinski definition) is 1. The summed E-state index contributed by atoms with van der Waals surface area (Å²) in [5.74, 6) is -0.127. The highest BCUT2D eigenvalue weighted by molar-refractivity contribution is 6.04. The van der Waals surface area contributed by atoms with Crippen LogP contribution in [0.25, 0.3) is 5.65 Å². The van der Waals surface area contributed by atoms with Crippen molar-refractivity contribution in [2.45, 2.75) is 0 Å². The highest BCUT2D eigenvalue weighted by Crippen LogP contribution is 2.16. The van der Waals surface area contributed by atoms with Crippen molar-refractivity contribution in [1.82, 2.24) is 9.38 Å². The average molecular weight is 280 g/mol. The Morgan fingerprint density at radius 1 is 1.24 bits per heavy atom. The Labute approximate surface area is 122 Å². The number of hydrogen-bond acceptors (Lipinski definition) is 3. The van der Waals surface area contributed by atoms with Gasteiger partial charge in [-0.15, -0.1) is 0 Å². The van der Waals surface area contributed by atoms with Crippen LogP contribution in [0.4, 0.5) is 11.4 Å². The first-order valence-corrected chi connectivity index (χ1v) is 6.65. The molecule has 0 atom stereocenters. The maximum absolute atomic E-state index is 12.3. The Kier molecular flexibility index (Phi) is 3.31. The molecule has 0 aliphatic heterocycles. The number of aromatic nitrogens is 2. The SMILES string of the molecule is CN(C)c1cccc(C(=O)Nc2ccc3nccn3c2)c1. The summed E-state index contributed by atoms with van der Waals surface area (Å²) in [6.45, 7) is 0. The van der Waals surface area contributed by atoms with E-state index in [1.165, 1.54) is 0 Å². The standard InChI is InChI=1S/C16H16N4O/c1-19(2)14-5-3-4-12(10-14)16(21)18-13-6-7-15-17-8-9-20(15)11-13/h3-11H,1-2H3,(H,18,21). The molecular formula is C16H16N4O. The minimum atomic E-state index is -0.127. The van der Waals surface area contributed by atoms with Gasteiger partial charge < -0.3 is 14.6 Å². The van der Waals surface area contributed by atoms with Crippen molar-refractivity contribution in [3.63, 3.8) is 0 Å². The Hall–Kier alpha value is -2.82. The first-order chi connectivity index (χ1) is 10.1. The molecule has 5 nitrogen and oxygen atoms in total. The molecular weight excluding hydrogens is 264 g/mol. The van der Waals surface area contributed by atoms with Gasteiger partial charge in [0.05, 0.1) is 5.69 Å². The van der Waals surface area contributed by atoms with Gasteiger partial charge in [0.2, 0.25) is 0 Å². The van der Waals surface area contributed by atoms with E-state index in [0.29, 0.717) is 5.56 Å². The number of nitrogens with one attached hydrogen (secondary N) is 1. The third kappa shape index (κ3) is 2.72. The lowest BCUT2D eigenvalue weighted by atomic mass is 10.2. The van der Waals surface area contributed by atoms with Crippen molar-refractivity contribution in [3.8, 4) is 0 Å². The van der Waals surface area contributed by atoms with Gasteiger partial charge in [-0.3, -0.25) is 4.79 Å². The van der Waals surface area contributed by atoms with Crippen LogP contribution in [0.2, 0.25) is 0 Å². The van der Waals surface area contributed by atoms with E-state index in [-0.39, 0.29) is 5.91 Å². The van der Waals surface area contributed by atoms with Gasteiger partial charge in [0.1, 0.15) is 5.65 Å². The molecule has 106 valence electrons. The van der Waals surface area contributed by atoms with Crippen LogP contribution in [0.15, 0.2) is 55.0 Å². The molecule has 0 unspecified atom stereocenters. The molecule has 0 aliphatic rings. The Bertz CT molecular complexity index is 792. The number of pyridine rings is 1. The zero-order valence-electron chi connectivity index (χ0n) is 11.9. The molecule has 0 aliphatic carbocycles. The smallest absolute Gasteiger partial charge is 0.255 e. The zero-order valence-corrected chi connectivity index (χ0v) is 11.9. The molecule has 0 saturated heterocycles. The van der Waals surface area contributed by atoms with Crippen LogP contribution in [0, 0.1) is 0 Å². The second-order valence-electron chi connectivity index (χ2n) is 5.01. The van der Waals surface area contributed by atoms with Crippen molar-refractivity contribution in [2.24, 2.45) is 0 Å². The van der Waals surface area contributed by atoms with E-state index in [2.05, 4.69) is 10.3 Å². The molecule has 3 rings (SSSR count). The molecule has 0 fully saturated rings. The molecule has 2 heterocycles. The second-order valence-corrected chi connectivity index (χ2v) is 5.01. The van der Waals surface area contributed by atoms with E-state index in [0.717, 1.165) is 17.0 Å². The molecule has 5 heteroatoms. The second kappa shape index (κ2) is 5.28. The molecule has 0 bridgehead atoms. The number of carbonyl (C=O) groups is 1. The fourth-order valence-corrected chi connectivity index (χ4v) is 2.12. The van der Waals surface area contributed by atoms with Crippen molar-refractivity contribution in [1.29, 1.82) is 0 Å². The molecule has 1 aromatic carbocycles. The number of carbonyl (C=O) groups excluding carboxylic acids is 1. The fourth-order valence-electron chi connectivity index (χ4n) is 2.12. The topological polar surface area (TPSA) is 49.6 Å². The lowest BCUT2D eigenvalue weighted by Crippen LogP contribution is -2.14. The Morgan fingerprint density at radius 2 is 2.10 bits per heavy atom. The normalized spacial score (nSPS) is 10.6. The zero-order chi connectivity index (χ0) is 14.8. The first kappa shape index (κ1) is 13.2. The minimum Gasteiger partial charge on any atom is -0.378 e. The van der Waals surface area contributed by atoms with E-state index in [9.17, 15) is 4.79 Å². The summed E-state index contributed by atoms with van der Waals surface area (Å²) in [4.78, 5) is 18.4. The number of amides is 1. The Balaban J connectivity index is 1.83. The van der Waals surface area contributed by atoms with Crippen LogP contribution in [-0.2, 0) is 0 Å². The number of fused-ring (bicyclic) bond motifs is 1. The predicted molar refractivity (Wildman–Crippen MR) is 83.9 cm³/mol. The minimum absolute atomic E-state index is 0.127. The van der Waals surface area contributed by atoms with Crippen molar-refractivity contribution < 1.29 is 4.79 Å². The third-order valence-electron chi connectivity index (χ3n) is 3.27. The number of benzene rings is 1. The van der Waals surface area contributed by atoms with Crippen LogP contribution in [0.1, 0.15) is 10.4 Å². The molecule has 0 radical (unpaired) electrons. The van der Waals surface area contributed by atoms with Gasteiger partial charge in [-0.2, -0.15) is 0 Å². The lowest BCUT2D eigenvalue weighted by Gasteiger charge is -2.13. The summed E-state index contributed by atoms with van der Waals surface area (Å²) in [7, 11) is 3.90. The van der Waals surface area contributed by atoms with Crippen LogP contribution >= 0.6 is 0 Å². The van der Waals surface area contributed by atoms with E-state index < -0.39 is 0 Å². The van der Waals surface area contributed by atoms with Crippen molar-refractivity contribution >= 4 is 22.9 Å². The largest absolute Gasteiger partial charge is 0.378 e.